The highest BCUT2D eigenvalue weighted by atomic mass is 32.2. The van der Waals surface area contributed by atoms with Gasteiger partial charge in [-0.3, -0.25) is 8.18 Å². The van der Waals surface area contributed by atoms with E-state index in [-0.39, 0.29) is 0 Å². The first kappa shape index (κ1) is 7.45. The summed E-state index contributed by atoms with van der Waals surface area (Å²) in [6.45, 7) is 0. The molecule has 12 heavy (non-hydrogen) atoms. The Morgan fingerprint density at radius 2 is 2.17 bits per heavy atom. The predicted octanol–water partition coefficient (Wildman–Crippen LogP) is 0.679. The van der Waals surface area contributed by atoms with E-state index in [1.807, 2.05) is 6.07 Å². The van der Waals surface area contributed by atoms with Crippen molar-refractivity contribution in [3.05, 3.63) is 30.6 Å². The number of benzene rings is 1. The molecule has 0 saturated heterocycles. The third-order valence-corrected chi connectivity index (χ3v) is 2.19. The summed E-state index contributed by atoms with van der Waals surface area (Å²) in [6.07, 6.45) is 1.29. The van der Waals surface area contributed by atoms with Gasteiger partial charge in [0.05, 0.1) is 22.3 Å². The third kappa shape index (κ3) is 1.03. The molecule has 0 saturated carbocycles. The van der Waals surface area contributed by atoms with E-state index in [1.54, 1.807) is 18.2 Å². The fraction of sp³-hybridized carbons (Fsp3) is 0. The van der Waals surface area contributed by atoms with Crippen LogP contribution < -0.4 is 0 Å². The van der Waals surface area contributed by atoms with Gasteiger partial charge in [-0.25, -0.2) is 4.98 Å². The average molecular weight is 181 g/mol. The lowest BCUT2D eigenvalue weighted by Crippen LogP contribution is -2.00. The van der Waals surface area contributed by atoms with Gasteiger partial charge in [0.1, 0.15) is 6.33 Å². The summed E-state index contributed by atoms with van der Waals surface area (Å²) in [6, 6.07) is 7.05. The third-order valence-electron chi connectivity index (χ3n) is 1.58. The second-order valence-corrected chi connectivity index (χ2v) is 3.10. The maximum absolute atomic E-state index is 10.6. The van der Waals surface area contributed by atoms with E-state index in [9.17, 15) is 8.76 Å². The second kappa shape index (κ2) is 2.69. The van der Waals surface area contributed by atoms with E-state index in [1.165, 1.54) is 6.33 Å². The van der Waals surface area contributed by atoms with Crippen molar-refractivity contribution in [2.45, 2.75) is 0 Å². The zero-order chi connectivity index (χ0) is 8.55. The molecule has 2 aromatic rings. The molecule has 0 aliphatic rings. The van der Waals surface area contributed by atoms with Crippen LogP contribution in [0.3, 0.4) is 0 Å². The summed E-state index contributed by atoms with van der Waals surface area (Å²) >= 11 is -2.27. The van der Waals surface area contributed by atoms with Crippen LogP contribution in [-0.2, 0) is 11.3 Å². The van der Waals surface area contributed by atoms with Crippen LogP contribution in [-0.4, -0.2) is 17.7 Å². The van der Waals surface area contributed by atoms with Crippen LogP contribution in [0.1, 0.15) is 0 Å². The smallest absolute Gasteiger partial charge is 0.107 e. The highest BCUT2D eigenvalue weighted by Gasteiger charge is 1.99. The van der Waals surface area contributed by atoms with E-state index in [2.05, 4.69) is 4.98 Å². The molecule has 5 heteroatoms. The first-order valence-electron chi connectivity index (χ1n) is 3.31. The fourth-order valence-corrected chi connectivity index (χ4v) is 1.49. The Bertz CT molecular complexity index is 438. The molecule has 2 rings (SSSR count). The number of aromatic nitrogens is 2. The lowest BCUT2D eigenvalue weighted by atomic mass is 10.3. The van der Waals surface area contributed by atoms with Crippen molar-refractivity contribution in [3.63, 3.8) is 0 Å². The number of para-hydroxylation sites is 2. The van der Waals surface area contributed by atoms with E-state index in [0.717, 1.165) is 3.97 Å². The van der Waals surface area contributed by atoms with Crippen molar-refractivity contribution in [1.82, 2.24) is 8.96 Å². The number of fused-ring (bicyclic) bond motifs is 1. The van der Waals surface area contributed by atoms with Gasteiger partial charge in [0.25, 0.3) is 0 Å². The van der Waals surface area contributed by atoms with Gasteiger partial charge in [-0.1, -0.05) is 12.1 Å². The Kier molecular flexibility index (Phi) is 1.67. The van der Waals surface area contributed by atoms with Crippen molar-refractivity contribution >= 4 is 22.3 Å². The van der Waals surface area contributed by atoms with Gasteiger partial charge in [-0.05, 0) is 12.1 Å². The number of hydrogen-bond acceptors (Lipinski definition) is 3. The minimum atomic E-state index is -2.27. The number of imidazole rings is 1. The summed E-state index contributed by atoms with van der Waals surface area (Å²) in [7, 11) is 0. The van der Waals surface area contributed by atoms with Gasteiger partial charge in [-0.2, -0.15) is 0 Å². The van der Waals surface area contributed by atoms with Crippen LogP contribution in [0.25, 0.3) is 11.0 Å². The summed E-state index contributed by atoms with van der Waals surface area (Å²) in [5.74, 6) is 0. The van der Waals surface area contributed by atoms with Gasteiger partial charge in [-0.15, -0.1) is 0 Å². The Morgan fingerprint density at radius 3 is 2.92 bits per heavy atom. The van der Waals surface area contributed by atoms with E-state index >= 15 is 0 Å². The Hall–Kier alpha value is -1.20. The predicted molar refractivity (Wildman–Crippen MR) is 44.1 cm³/mol. The largest absolute Gasteiger partial charge is 0.755 e. The molecule has 0 fully saturated rings. The molecule has 1 atom stereocenters. The van der Waals surface area contributed by atoms with Crippen LogP contribution in [0.15, 0.2) is 30.6 Å². The minimum absolute atomic E-state index is 0.603. The molecule has 1 unspecified atom stereocenters. The Morgan fingerprint density at radius 1 is 1.42 bits per heavy atom. The molecule has 0 aliphatic carbocycles. The van der Waals surface area contributed by atoms with Crippen LogP contribution in [0, 0.1) is 0 Å². The normalized spacial score (nSPS) is 13.4. The highest BCUT2D eigenvalue weighted by molar-refractivity contribution is 7.77. The molecule has 1 heterocycles. The molecular formula is C7H5N2O2S-. The van der Waals surface area contributed by atoms with Crippen LogP contribution in [0.2, 0.25) is 0 Å². The van der Waals surface area contributed by atoms with Gasteiger partial charge in [0, 0.05) is 0 Å². The van der Waals surface area contributed by atoms with Crippen molar-refractivity contribution in [2.24, 2.45) is 0 Å². The number of rotatable bonds is 1. The molecule has 0 aliphatic heterocycles. The molecule has 1 aromatic heterocycles. The fourth-order valence-electron chi connectivity index (χ4n) is 1.06. The Labute approximate surface area is 71.3 Å². The summed E-state index contributed by atoms with van der Waals surface area (Å²) < 4.78 is 22.3. The van der Waals surface area contributed by atoms with Crippen LogP contribution >= 0.6 is 0 Å². The first-order valence-corrected chi connectivity index (χ1v) is 4.34. The SMILES string of the molecule is O=S([O-])n1cnc2ccccc21. The van der Waals surface area contributed by atoms with Crippen molar-refractivity contribution in [2.75, 3.05) is 0 Å². The maximum atomic E-state index is 10.6. The first-order chi connectivity index (χ1) is 5.79. The van der Waals surface area contributed by atoms with Crippen molar-refractivity contribution in [1.29, 1.82) is 0 Å². The molecule has 1 aromatic carbocycles. The monoisotopic (exact) mass is 181 g/mol. The maximum Gasteiger partial charge on any atom is 0.107 e. The molecule has 0 spiro atoms. The topological polar surface area (TPSA) is 57.9 Å². The standard InChI is InChI=1S/C7H6N2O2S/c10-12(11)9-5-8-6-3-1-2-4-7(6)9/h1-5H,(H,10,11)/p-1. The average Bonchev–Trinajstić information content (AvgIpc) is 2.47. The molecule has 62 valence electrons. The molecule has 0 amide bonds. The second-order valence-electron chi connectivity index (χ2n) is 2.28. The lowest BCUT2D eigenvalue weighted by Gasteiger charge is -2.05. The Balaban J connectivity index is 2.79. The van der Waals surface area contributed by atoms with Crippen LogP contribution in [0.5, 0.6) is 0 Å². The van der Waals surface area contributed by atoms with Crippen molar-refractivity contribution in [3.8, 4) is 0 Å². The van der Waals surface area contributed by atoms with Gasteiger partial charge in [0.2, 0.25) is 0 Å². The van der Waals surface area contributed by atoms with Gasteiger partial charge < -0.3 is 4.55 Å². The zero-order valence-electron chi connectivity index (χ0n) is 6.01. The van der Waals surface area contributed by atoms with Crippen LogP contribution in [0.4, 0.5) is 0 Å². The summed E-state index contributed by atoms with van der Waals surface area (Å²) in [4.78, 5) is 3.91. The summed E-state index contributed by atoms with van der Waals surface area (Å²) in [5, 5.41) is 0. The van der Waals surface area contributed by atoms with E-state index in [4.69, 9.17) is 0 Å². The van der Waals surface area contributed by atoms with Gasteiger partial charge in [0.15, 0.2) is 0 Å². The van der Waals surface area contributed by atoms with E-state index in [0.29, 0.717) is 11.0 Å². The lowest BCUT2D eigenvalue weighted by molar-refractivity contribution is 0.529. The highest BCUT2D eigenvalue weighted by Crippen LogP contribution is 2.11. The van der Waals surface area contributed by atoms with Gasteiger partial charge >= 0.3 is 0 Å². The zero-order valence-corrected chi connectivity index (χ0v) is 6.82. The molecule has 0 bridgehead atoms. The summed E-state index contributed by atoms with van der Waals surface area (Å²) in [5.41, 5.74) is 1.28. The molecule has 0 radical (unpaired) electrons. The minimum Gasteiger partial charge on any atom is -0.755 e. The van der Waals surface area contributed by atoms with E-state index < -0.39 is 11.3 Å². The quantitative estimate of drug-likeness (QED) is 0.608. The van der Waals surface area contributed by atoms with Crippen molar-refractivity contribution < 1.29 is 8.76 Å². The molecular weight excluding hydrogens is 176 g/mol. The molecule has 0 N–H and O–H groups in total. The number of nitrogens with zero attached hydrogens (tertiary/aromatic N) is 2. The number of hydrogen-bond donors (Lipinski definition) is 0. The molecule has 4 nitrogen and oxygen atoms in total.